The summed E-state index contributed by atoms with van der Waals surface area (Å²) in [5.74, 6) is 0.242. The van der Waals surface area contributed by atoms with Crippen molar-refractivity contribution in [2.75, 3.05) is 6.54 Å². The normalized spacial score (nSPS) is 12.2. The summed E-state index contributed by atoms with van der Waals surface area (Å²) in [5, 5.41) is 9.42. The van der Waals surface area contributed by atoms with Crippen LogP contribution in [0.15, 0.2) is 29.3 Å². The fourth-order valence-electron chi connectivity index (χ4n) is 0.976. The molecule has 0 amide bonds. The third-order valence-corrected chi connectivity index (χ3v) is 1.67. The molecule has 0 aliphatic carbocycles. The second-order valence-corrected chi connectivity index (χ2v) is 4.02. The number of para-hydroxylation sites is 1. The van der Waals surface area contributed by atoms with E-state index in [1.807, 2.05) is 26.0 Å². The Bertz CT molecular complexity index is 326. The molecule has 3 nitrogen and oxygen atoms in total. The molecule has 3 heteroatoms. The average Bonchev–Trinajstić information content (AvgIpc) is 2.06. The summed E-state index contributed by atoms with van der Waals surface area (Å²) < 4.78 is 0. The van der Waals surface area contributed by atoms with Crippen molar-refractivity contribution >= 4 is 6.21 Å². The maximum Gasteiger partial charge on any atom is 0.124 e. The Morgan fingerprint density at radius 3 is 2.64 bits per heavy atom. The molecule has 14 heavy (non-hydrogen) atoms. The van der Waals surface area contributed by atoms with E-state index in [4.69, 9.17) is 5.73 Å². The van der Waals surface area contributed by atoms with Crippen molar-refractivity contribution < 1.29 is 5.11 Å². The summed E-state index contributed by atoms with van der Waals surface area (Å²) in [7, 11) is 0. The molecule has 0 heterocycles. The zero-order chi connectivity index (χ0) is 10.6. The lowest BCUT2D eigenvalue weighted by Crippen LogP contribution is -2.35. The van der Waals surface area contributed by atoms with Crippen LogP contribution >= 0.6 is 0 Å². The van der Waals surface area contributed by atoms with Gasteiger partial charge in [0, 0.05) is 17.3 Å². The average molecular weight is 192 g/mol. The lowest BCUT2D eigenvalue weighted by molar-refractivity contribution is 0.474. The van der Waals surface area contributed by atoms with Gasteiger partial charge in [0.1, 0.15) is 5.75 Å². The van der Waals surface area contributed by atoms with E-state index >= 15 is 0 Å². The van der Waals surface area contributed by atoms with Crippen molar-refractivity contribution in [1.82, 2.24) is 0 Å². The molecule has 1 rings (SSSR count). The van der Waals surface area contributed by atoms with Gasteiger partial charge >= 0.3 is 0 Å². The number of rotatable bonds is 3. The van der Waals surface area contributed by atoms with E-state index in [1.165, 1.54) is 0 Å². The van der Waals surface area contributed by atoms with E-state index in [2.05, 4.69) is 4.99 Å². The maximum atomic E-state index is 9.42. The van der Waals surface area contributed by atoms with Gasteiger partial charge in [0.2, 0.25) is 0 Å². The standard InChI is InChI=1S/C11H16N2O/c1-11(2,12)8-13-7-9-5-3-4-6-10(9)14/h3-7,14H,8,12H2,1-2H3. The molecule has 0 spiro atoms. The zero-order valence-electron chi connectivity index (χ0n) is 8.57. The van der Waals surface area contributed by atoms with Gasteiger partial charge in [0.15, 0.2) is 0 Å². The van der Waals surface area contributed by atoms with Crippen LogP contribution in [0, 0.1) is 0 Å². The van der Waals surface area contributed by atoms with E-state index < -0.39 is 0 Å². The largest absolute Gasteiger partial charge is 0.507 e. The summed E-state index contributed by atoms with van der Waals surface area (Å²) in [6.45, 7) is 4.37. The SMILES string of the molecule is CC(C)(N)CN=Cc1ccccc1O. The van der Waals surface area contributed by atoms with E-state index in [0.717, 1.165) is 5.56 Å². The minimum atomic E-state index is -0.305. The van der Waals surface area contributed by atoms with Crippen LogP contribution in [0.25, 0.3) is 0 Å². The van der Waals surface area contributed by atoms with Gasteiger partial charge in [-0.25, -0.2) is 0 Å². The van der Waals surface area contributed by atoms with Crippen LogP contribution in [-0.2, 0) is 0 Å². The number of phenolic OH excluding ortho intramolecular Hbond substituents is 1. The van der Waals surface area contributed by atoms with Crippen LogP contribution in [-0.4, -0.2) is 23.4 Å². The van der Waals surface area contributed by atoms with Gasteiger partial charge in [0.25, 0.3) is 0 Å². The molecule has 0 fully saturated rings. The van der Waals surface area contributed by atoms with Crippen molar-refractivity contribution in [2.45, 2.75) is 19.4 Å². The van der Waals surface area contributed by atoms with Crippen LogP contribution in [0.4, 0.5) is 0 Å². The minimum absolute atomic E-state index is 0.242. The first-order valence-corrected chi connectivity index (χ1v) is 4.56. The third-order valence-electron chi connectivity index (χ3n) is 1.67. The van der Waals surface area contributed by atoms with Crippen LogP contribution < -0.4 is 5.73 Å². The highest BCUT2D eigenvalue weighted by Gasteiger charge is 2.07. The molecule has 0 unspecified atom stereocenters. The third kappa shape index (κ3) is 3.58. The second kappa shape index (κ2) is 4.24. The molecule has 0 aromatic heterocycles. The molecule has 0 bridgehead atoms. The predicted molar refractivity (Wildman–Crippen MR) is 58.8 cm³/mol. The fourth-order valence-corrected chi connectivity index (χ4v) is 0.976. The van der Waals surface area contributed by atoms with E-state index in [0.29, 0.717) is 6.54 Å². The molecule has 0 aliphatic rings. The quantitative estimate of drug-likeness (QED) is 0.714. The number of hydrogen-bond donors (Lipinski definition) is 2. The number of nitrogens with zero attached hydrogens (tertiary/aromatic N) is 1. The van der Waals surface area contributed by atoms with Gasteiger partial charge in [-0.3, -0.25) is 4.99 Å². The number of nitrogens with two attached hydrogens (primary N) is 1. The first kappa shape index (κ1) is 10.7. The molecular weight excluding hydrogens is 176 g/mol. The Balaban J connectivity index is 2.65. The number of aliphatic imine (C=N–C) groups is 1. The summed E-state index contributed by atoms with van der Waals surface area (Å²) >= 11 is 0. The first-order valence-electron chi connectivity index (χ1n) is 4.56. The monoisotopic (exact) mass is 192 g/mol. The molecule has 0 saturated carbocycles. The van der Waals surface area contributed by atoms with Gasteiger partial charge in [0.05, 0.1) is 6.54 Å². The summed E-state index contributed by atoms with van der Waals surface area (Å²) in [6.07, 6.45) is 1.64. The van der Waals surface area contributed by atoms with E-state index in [9.17, 15) is 5.11 Å². The van der Waals surface area contributed by atoms with Crippen molar-refractivity contribution in [3.05, 3.63) is 29.8 Å². The van der Waals surface area contributed by atoms with Gasteiger partial charge < -0.3 is 10.8 Å². The summed E-state index contributed by atoms with van der Waals surface area (Å²) in [4.78, 5) is 4.16. The molecule has 1 aromatic rings. The van der Waals surface area contributed by atoms with E-state index in [1.54, 1.807) is 18.3 Å². The Kier molecular flexibility index (Phi) is 3.25. The molecule has 3 N–H and O–H groups in total. The Labute approximate surface area is 84.3 Å². The maximum absolute atomic E-state index is 9.42. The van der Waals surface area contributed by atoms with Crippen molar-refractivity contribution in [3.8, 4) is 5.75 Å². The topological polar surface area (TPSA) is 58.6 Å². The van der Waals surface area contributed by atoms with Crippen molar-refractivity contribution in [3.63, 3.8) is 0 Å². The summed E-state index contributed by atoms with van der Waals surface area (Å²) in [5.41, 5.74) is 6.18. The molecule has 0 atom stereocenters. The zero-order valence-corrected chi connectivity index (χ0v) is 8.57. The molecule has 0 saturated heterocycles. The highest BCUT2D eigenvalue weighted by atomic mass is 16.3. The molecule has 0 aliphatic heterocycles. The Morgan fingerprint density at radius 2 is 2.07 bits per heavy atom. The predicted octanol–water partition coefficient (Wildman–Crippen LogP) is 1.55. The number of benzene rings is 1. The smallest absolute Gasteiger partial charge is 0.124 e. The molecule has 1 aromatic carbocycles. The van der Waals surface area contributed by atoms with Crippen molar-refractivity contribution in [1.29, 1.82) is 0 Å². The van der Waals surface area contributed by atoms with E-state index in [-0.39, 0.29) is 11.3 Å². The minimum Gasteiger partial charge on any atom is -0.507 e. The first-order chi connectivity index (χ1) is 6.49. The number of phenols is 1. The van der Waals surface area contributed by atoms with Crippen LogP contribution in [0.3, 0.4) is 0 Å². The van der Waals surface area contributed by atoms with Gasteiger partial charge in [-0.1, -0.05) is 12.1 Å². The Morgan fingerprint density at radius 1 is 1.43 bits per heavy atom. The molecule has 0 radical (unpaired) electrons. The number of aromatic hydroxyl groups is 1. The lowest BCUT2D eigenvalue weighted by atomic mass is 10.1. The van der Waals surface area contributed by atoms with Gasteiger partial charge in [-0.05, 0) is 26.0 Å². The fraction of sp³-hybridized carbons (Fsp3) is 0.364. The van der Waals surface area contributed by atoms with Crippen LogP contribution in [0.2, 0.25) is 0 Å². The van der Waals surface area contributed by atoms with Gasteiger partial charge in [-0.15, -0.1) is 0 Å². The number of hydrogen-bond acceptors (Lipinski definition) is 3. The lowest BCUT2D eigenvalue weighted by Gasteiger charge is -2.14. The second-order valence-electron chi connectivity index (χ2n) is 4.02. The Hall–Kier alpha value is -1.35. The van der Waals surface area contributed by atoms with Crippen LogP contribution in [0.1, 0.15) is 19.4 Å². The van der Waals surface area contributed by atoms with Crippen LogP contribution in [0.5, 0.6) is 5.75 Å². The van der Waals surface area contributed by atoms with Gasteiger partial charge in [-0.2, -0.15) is 0 Å². The highest BCUT2D eigenvalue weighted by Crippen LogP contribution is 2.12. The van der Waals surface area contributed by atoms with Crippen molar-refractivity contribution in [2.24, 2.45) is 10.7 Å². The highest BCUT2D eigenvalue weighted by molar-refractivity contribution is 5.83. The molecule has 76 valence electrons. The summed E-state index contributed by atoms with van der Waals surface area (Å²) in [6, 6.07) is 7.07. The molecular formula is C11H16N2O.